The third kappa shape index (κ3) is 3.33. The standard InChI is InChI=1S/C5H17N2P5/c1-4-5(2-3-7(4)8)6-12(10)11-9/h4-6,11H,2-3,8-10H2,1H3. The van der Waals surface area contributed by atoms with Crippen LogP contribution in [0, 0.1) is 0 Å². The van der Waals surface area contributed by atoms with Crippen molar-refractivity contribution in [2.45, 2.75) is 25.4 Å². The monoisotopic (exact) mass is 260 g/mol. The zero-order valence-electron chi connectivity index (χ0n) is 7.20. The number of nitrogens with zero attached hydrogens (tertiary/aromatic N) is 1. The molecule has 1 saturated heterocycles. The van der Waals surface area contributed by atoms with E-state index in [1.165, 1.54) is 13.0 Å². The van der Waals surface area contributed by atoms with Crippen molar-refractivity contribution in [1.82, 2.24) is 9.76 Å². The molecule has 1 heterocycles. The smallest absolute Gasteiger partial charge is 0.0278 e. The number of rotatable bonds is 3. The molecule has 1 N–H and O–H groups in total. The van der Waals surface area contributed by atoms with Crippen LogP contribution in [-0.4, -0.2) is 23.3 Å². The lowest BCUT2D eigenvalue weighted by Crippen LogP contribution is -2.33. The average molecular weight is 260 g/mol. The SMILES string of the molecule is CC1C(NP(P)PP)CCN1P. The Morgan fingerprint density at radius 3 is 2.75 bits per heavy atom. The van der Waals surface area contributed by atoms with Gasteiger partial charge >= 0.3 is 0 Å². The molecular formula is C5H17N2P5. The molecule has 0 radical (unpaired) electrons. The summed E-state index contributed by atoms with van der Waals surface area (Å²) in [6.45, 7) is 3.49. The normalized spacial score (nSPS) is 35.0. The Balaban J connectivity index is 2.33. The summed E-state index contributed by atoms with van der Waals surface area (Å²) in [6, 6.07) is 1.36. The number of nitrogens with one attached hydrogen (secondary N) is 1. The number of hydrogen-bond donors (Lipinski definition) is 1. The van der Waals surface area contributed by atoms with E-state index in [1.807, 2.05) is 0 Å². The minimum atomic E-state index is -0.0136. The van der Waals surface area contributed by atoms with Crippen LogP contribution in [0.2, 0.25) is 0 Å². The topological polar surface area (TPSA) is 15.3 Å². The van der Waals surface area contributed by atoms with Gasteiger partial charge in [0.15, 0.2) is 0 Å². The van der Waals surface area contributed by atoms with Crippen LogP contribution < -0.4 is 5.09 Å². The molecule has 7 unspecified atom stereocenters. The Labute approximate surface area is 84.7 Å². The first-order valence-corrected chi connectivity index (χ1v) is 11.1. The van der Waals surface area contributed by atoms with Crippen molar-refractivity contribution in [3.63, 3.8) is 0 Å². The molecule has 1 rings (SSSR count). The highest BCUT2D eigenvalue weighted by Gasteiger charge is 2.28. The fourth-order valence-corrected chi connectivity index (χ4v) is 4.45. The molecule has 7 atom stereocenters. The molecule has 0 aromatic rings. The van der Waals surface area contributed by atoms with E-state index in [0.29, 0.717) is 12.1 Å². The van der Waals surface area contributed by atoms with Crippen molar-refractivity contribution in [2.24, 2.45) is 0 Å². The highest BCUT2D eigenvalue weighted by atomic mass is 32.6. The summed E-state index contributed by atoms with van der Waals surface area (Å²) in [4.78, 5) is 0. The second-order valence-electron chi connectivity index (χ2n) is 3.00. The van der Waals surface area contributed by atoms with Gasteiger partial charge in [0.1, 0.15) is 0 Å². The van der Waals surface area contributed by atoms with Gasteiger partial charge in [0.2, 0.25) is 0 Å². The van der Waals surface area contributed by atoms with Gasteiger partial charge in [-0.05, 0) is 13.3 Å². The van der Waals surface area contributed by atoms with Gasteiger partial charge in [0, 0.05) is 26.1 Å². The molecule has 0 bridgehead atoms. The van der Waals surface area contributed by atoms with Crippen LogP contribution in [-0.2, 0) is 0 Å². The highest BCUT2D eigenvalue weighted by molar-refractivity contribution is 8.60. The van der Waals surface area contributed by atoms with Crippen molar-refractivity contribution in [3.8, 4) is 0 Å². The maximum absolute atomic E-state index is 3.67. The molecule has 1 aliphatic heterocycles. The molecule has 7 heteroatoms. The second kappa shape index (κ2) is 5.83. The van der Waals surface area contributed by atoms with Crippen molar-refractivity contribution < 1.29 is 0 Å². The van der Waals surface area contributed by atoms with E-state index in [0.717, 1.165) is 7.96 Å². The third-order valence-electron chi connectivity index (χ3n) is 2.25. The van der Waals surface area contributed by atoms with Crippen LogP contribution in [0.1, 0.15) is 13.3 Å². The third-order valence-corrected chi connectivity index (χ3v) is 12.1. The van der Waals surface area contributed by atoms with Gasteiger partial charge in [0.05, 0.1) is 0 Å². The zero-order chi connectivity index (χ0) is 9.14. The summed E-state index contributed by atoms with van der Waals surface area (Å²) in [5, 5.41) is 3.67. The lowest BCUT2D eigenvalue weighted by molar-refractivity contribution is 0.431. The summed E-state index contributed by atoms with van der Waals surface area (Å²) in [5.74, 6) is 0. The zero-order valence-corrected chi connectivity index (χ0v) is 12.6. The summed E-state index contributed by atoms with van der Waals surface area (Å²) in [6.07, 6.45) is 1.28. The maximum Gasteiger partial charge on any atom is 0.0278 e. The van der Waals surface area contributed by atoms with Crippen molar-refractivity contribution >= 4 is 42.7 Å². The first kappa shape index (κ1) is 12.1. The van der Waals surface area contributed by atoms with E-state index >= 15 is 0 Å². The summed E-state index contributed by atoms with van der Waals surface area (Å²) < 4.78 is 2.34. The molecule has 1 aliphatic rings. The molecular weight excluding hydrogens is 243 g/mol. The lowest BCUT2D eigenvalue weighted by atomic mass is 10.2. The minimum Gasteiger partial charge on any atom is -0.285 e. The summed E-state index contributed by atoms with van der Waals surface area (Å²) >= 11 is 0. The van der Waals surface area contributed by atoms with Crippen molar-refractivity contribution in [2.75, 3.05) is 6.54 Å². The van der Waals surface area contributed by atoms with E-state index in [1.54, 1.807) is 0 Å². The van der Waals surface area contributed by atoms with Gasteiger partial charge in [0.25, 0.3) is 0 Å². The summed E-state index contributed by atoms with van der Waals surface area (Å²) in [5.41, 5.74) is 0. The Hall–Kier alpha value is 2.07. The molecule has 0 amide bonds. The van der Waals surface area contributed by atoms with Crippen LogP contribution in [0.4, 0.5) is 0 Å². The second-order valence-corrected chi connectivity index (χ2v) is 12.6. The van der Waals surface area contributed by atoms with Crippen molar-refractivity contribution in [3.05, 3.63) is 0 Å². The maximum atomic E-state index is 3.67. The largest absolute Gasteiger partial charge is 0.285 e. The quantitative estimate of drug-likeness (QED) is 0.784. The van der Waals surface area contributed by atoms with E-state index in [-0.39, 0.29) is 7.45 Å². The predicted molar refractivity (Wildman–Crippen MR) is 72.1 cm³/mol. The first-order chi connectivity index (χ1) is 5.65. The van der Waals surface area contributed by atoms with Gasteiger partial charge in [-0.1, -0.05) is 26.3 Å². The molecule has 0 aromatic heterocycles. The number of hydrogen-bond acceptors (Lipinski definition) is 2. The molecule has 12 heavy (non-hydrogen) atoms. The summed E-state index contributed by atoms with van der Waals surface area (Å²) in [7, 11) is 9.47. The van der Waals surface area contributed by atoms with Crippen LogP contribution in [0.25, 0.3) is 0 Å². The van der Waals surface area contributed by atoms with E-state index < -0.39 is 0 Å². The molecule has 72 valence electrons. The average Bonchev–Trinajstić information content (AvgIpc) is 2.36. The van der Waals surface area contributed by atoms with Gasteiger partial charge in [-0.3, -0.25) is 9.76 Å². The fraction of sp³-hybridized carbons (Fsp3) is 1.00. The minimum absolute atomic E-state index is 0.0136. The predicted octanol–water partition coefficient (Wildman–Crippen LogP) is 2.40. The fourth-order valence-electron chi connectivity index (χ4n) is 1.35. The van der Waals surface area contributed by atoms with Gasteiger partial charge in [-0.15, -0.1) is 8.93 Å². The van der Waals surface area contributed by atoms with Crippen LogP contribution in [0.5, 0.6) is 0 Å². The van der Waals surface area contributed by atoms with Gasteiger partial charge in [-0.25, -0.2) is 0 Å². The van der Waals surface area contributed by atoms with Crippen molar-refractivity contribution in [1.29, 1.82) is 0 Å². The Morgan fingerprint density at radius 1 is 1.67 bits per heavy atom. The van der Waals surface area contributed by atoms with Crippen LogP contribution in [0.15, 0.2) is 0 Å². The Bertz CT molecular complexity index is 146. The molecule has 0 spiro atoms. The first-order valence-electron chi connectivity index (χ1n) is 3.93. The molecule has 0 aromatic carbocycles. The molecule has 0 aliphatic carbocycles. The molecule has 2 nitrogen and oxygen atoms in total. The Morgan fingerprint density at radius 2 is 2.33 bits per heavy atom. The van der Waals surface area contributed by atoms with E-state index in [4.69, 9.17) is 0 Å². The Kier molecular flexibility index (Phi) is 5.90. The van der Waals surface area contributed by atoms with Gasteiger partial charge in [-0.2, -0.15) is 0 Å². The van der Waals surface area contributed by atoms with E-state index in [2.05, 4.69) is 43.9 Å². The highest BCUT2D eigenvalue weighted by Crippen LogP contribution is 2.63. The van der Waals surface area contributed by atoms with Crippen LogP contribution in [0.3, 0.4) is 0 Å². The lowest BCUT2D eigenvalue weighted by Gasteiger charge is -2.23. The van der Waals surface area contributed by atoms with Gasteiger partial charge < -0.3 is 0 Å². The molecule has 0 saturated carbocycles. The van der Waals surface area contributed by atoms with Crippen LogP contribution >= 0.6 is 42.7 Å². The molecule has 1 fully saturated rings. The van der Waals surface area contributed by atoms with E-state index in [9.17, 15) is 0 Å².